The van der Waals surface area contributed by atoms with Crippen LogP contribution in [0.25, 0.3) is 11.1 Å². The topological polar surface area (TPSA) is 58.1 Å². The van der Waals surface area contributed by atoms with Gasteiger partial charge in [0.2, 0.25) is 0 Å². The summed E-state index contributed by atoms with van der Waals surface area (Å²) in [6.07, 6.45) is 6.86. The monoisotopic (exact) mass is 304 g/mol. The van der Waals surface area contributed by atoms with E-state index in [0.29, 0.717) is 5.69 Å². The van der Waals surface area contributed by atoms with E-state index in [1.807, 2.05) is 42.5 Å². The van der Waals surface area contributed by atoms with E-state index in [0.717, 1.165) is 16.8 Å². The summed E-state index contributed by atoms with van der Waals surface area (Å²) in [5.41, 5.74) is 3.64. The summed E-state index contributed by atoms with van der Waals surface area (Å²) in [7, 11) is 1.61. The fraction of sp³-hybridized carbons (Fsp3) is 0.0556. The fourth-order valence-corrected chi connectivity index (χ4v) is 2.33. The molecule has 0 aliphatic rings. The van der Waals surface area contributed by atoms with Crippen molar-refractivity contribution in [2.75, 3.05) is 11.9 Å². The van der Waals surface area contributed by atoms with Gasteiger partial charge in [-0.1, -0.05) is 12.1 Å². The zero-order valence-electron chi connectivity index (χ0n) is 12.7. The van der Waals surface area contributed by atoms with Gasteiger partial charge in [0.25, 0.3) is 0 Å². The lowest BCUT2D eigenvalue weighted by Gasteiger charge is -2.22. The maximum absolute atomic E-state index is 12.2. The van der Waals surface area contributed by atoms with Gasteiger partial charge < -0.3 is 5.32 Å². The summed E-state index contributed by atoms with van der Waals surface area (Å²) in [5.74, 6) is 0. The molecule has 0 saturated carbocycles. The Morgan fingerprint density at radius 2 is 1.57 bits per heavy atom. The van der Waals surface area contributed by atoms with Gasteiger partial charge in [-0.25, -0.2) is 4.79 Å². The highest BCUT2D eigenvalue weighted by Crippen LogP contribution is 2.27. The van der Waals surface area contributed by atoms with Gasteiger partial charge in [-0.15, -0.1) is 0 Å². The number of benzene rings is 1. The zero-order valence-corrected chi connectivity index (χ0v) is 12.7. The van der Waals surface area contributed by atoms with Crippen molar-refractivity contribution >= 4 is 17.4 Å². The Labute approximate surface area is 134 Å². The summed E-state index contributed by atoms with van der Waals surface area (Å²) in [4.78, 5) is 21.9. The van der Waals surface area contributed by atoms with E-state index >= 15 is 0 Å². The summed E-state index contributed by atoms with van der Waals surface area (Å²) >= 11 is 0. The molecule has 114 valence electrons. The number of anilines is 2. The van der Waals surface area contributed by atoms with Crippen molar-refractivity contribution in [2.45, 2.75) is 0 Å². The first kappa shape index (κ1) is 14.7. The molecule has 2 aromatic heterocycles. The second-order valence-corrected chi connectivity index (χ2v) is 4.88. The van der Waals surface area contributed by atoms with Gasteiger partial charge in [-0.05, 0) is 47.5 Å². The number of carbonyl (C=O) groups excluding carboxylic acids is 1. The molecule has 0 bridgehead atoms. The lowest BCUT2D eigenvalue weighted by atomic mass is 10.1. The van der Waals surface area contributed by atoms with Gasteiger partial charge in [-0.3, -0.25) is 14.9 Å². The van der Waals surface area contributed by atoms with E-state index in [-0.39, 0.29) is 6.03 Å². The first-order chi connectivity index (χ1) is 11.3. The molecule has 2 amide bonds. The minimum absolute atomic E-state index is 0.213. The van der Waals surface area contributed by atoms with Crippen LogP contribution in [0.4, 0.5) is 16.2 Å². The molecule has 1 aromatic carbocycles. The highest BCUT2D eigenvalue weighted by atomic mass is 16.2. The van der Waals surface area contributed by atoms with E-state index in [9.17, 15) is 4.79 Å². The summed E-state index contributed by atoms with van der Waals surface area (Å²) in [5, 5.41) is 2.66. The van der Waals surface area contributed by atoms with Crippen molar-refractivity contribution in [3.8, 4) is 11.1 Å². The molecule has 0 atom stereocenters. The molecule has 0 saturated heterocycles. The van der Waals surface area contributed by atoms with Crippen molar-refractivity contribution in [3.63, 3.8) is 0 Å². The molecule has 2 heterocycles. The van der Waals surface area contributed by atoms with Crippen LogP contribution in [0.3, 0.4) is 0 Å². The molecule has 23 heavy (non-hydrogen) atoms. The van der Waals surface area contributed by atoms with Gasteiger partial charge in [-0.2, -0.15) is 0 Å². The molecule has 0 unspecified atom stereocenters. The lowest BCUT2D eigenvalue weighted by molar-refractivity contribution is 0.250. The highest BCUT2D eigenvalue weighted by Gasteiger charge is 2.16. The number of nitrogens with one attached hydrogen (secondary N) is 1. The summed E-state index contributed by atoms with van der Waals surface area (Å²) < 4.78 is 0. The minimum atomic E-state index is -0.213. The zero-order chi connectivity index (χ0) is 16.1. The van der Waals surface area contributed by atoms with Gasteiger partial charge in [0, 0.05) is 25.6 Å². The van der Waals surface area contributed by atoms with Crippen molar-refractivity contribution in [1.82, 2.24) is 15.3 Å². The molecule has 0 radical (unpaired) electrons. The van der Waals surface area contributed by atoms with Gasteiger partial charge in [0.05, 0.1) is 17.6 Å². The SMILES string of the molecule is CNC(=O)N(c1ccc(-c2ccncc2)cc1)c1cccnc1. The third-order valence-corrected chi connectivity index (χ3v) is 3.46. The van der Waals surface area contributed by atoms with Crippen LogP contribution in [0.15, 0.2) is 73.3 Å². The second kappa shape index (κ2) is 6.70. The highest BCUT2D eigenvalue weighted by molar-refractivity contribution is 5.99. The predicted octanol–water partition coefficient (Wildman–Crippen LogP) is 3.62. The Balaban J connectivity index is 1.96. The van der Waals surface area contributed by atoms with Gasteiger partial charge in [0.1, 0.15) is 0 Å². The first-order valence-corrected chi connectivity index (χ1v) is 7.22. The molecule has 0 aliphatic heterocycles. The Morgan fingerprint density at radius 1 is 0.870 bits per heavy atom. The number of hydrogen-bond donors (Lipinski definition) is 1. The number of hydrogen-bond acceptors (Lipinski definition) is 3. The molecule has 5 nitrogen and oxygen atoms in total. The number of amides is 2. The number of urea groups is 1. The molecule has 5 heteroatoms. The largest absolute Gasteiger partial charge is 0.340 e. The number of carbonyl (C=O) groups is 1. The molecule has 0 aliphatic carbocycles. The van der Waals surface area contributed by atoms with Crippen LogP contribution in [0.2, 0.25) is 0 Å². The van der Waals surface area contributed by atoms with Crippen molar-refractivity contribution in [2.24, 2.45) is 0 Å². The number of aromatic nitrogens is 2. The smallest absolute Gasteiger partial charge is 0.326 e. The molecule has 3 aromatic rings. The van der Waals surface area contributed by atoms with Crippen LogP contribution in [0.1, 0.15) is 0 Å². The van der Waals surface area contributed by atoms with Crippen LogP contribution in [0, 0.1) is 0 Å². The molecule has 1 N–H and O–H groups in total. The van der Waals surface area contributed by atoms with Crippen LogP contribution in [-0.4, -0.2) is 23.0 Å². The first-order valence-electron chi connectivity index (χ1n) is 7.22. The molecule has 3 rings (SSSR count). The molecule has 0 spiro atoms. The Hall–Kier alpha value is -3.21. The van der Waals surface area contributed by atoms with E-state index in [1.54, 1.807) is 42.8 Å². The molecular formula is C18H16N4O. The van der Waals surface area contributed by atoms with Crippen LogP contribution < -0.4 is 10.2 Å². The Bertz CT molecular complexity index is 773. The van der Waals surface area contributed by atoms with Crippen LogP contribution in [0.5, 0.6) is 0 Å². The fourth-order valence-electron chi connectivity index (χ4n) is 2.33. The van der Waals surface area contributed by atoms with Crippen molar-refractivity contribution in [3.05, 3.63) is 73.3 Å². The second-order valence-electron chi connectivity index (χ2n) is 4.88. The van der Waals surface area contributed by atoms with E-state index < -0.39 is 0 Å². The average molecular weight is 304 g/mol. The average Bonchev–Trinajstić information content (AvgIpc) is 2.64. The predicted molar refractivity (Wildman–Crippen MR) is 90.5 cm³/mol. The lowest BCUT2D eigenvalue weighted by Crippen LogP contribution is -2.34. The standard InChI is InChI=1S/C18H16N4O/c1-19-18(23)22(17-3-2-10-21-13-17)16-6-4-14(5-7-16)15-8-11-20-12-9-15/h2-13H,1H3,(H,19,23). The van der Waals surface area contributed by atoms with Gasteiger partial charge >= 0.3 is 6.03 Å². The summed E-state index contributed by atoms with van der Waals surface area (Å²) in [6.45, 7) is 0. The maximum atomic E-state index is 12.2. The van der Waals surface area contributed by atoms with E-state index in [1.165, 1.54) is 0 Å². The van der Waals surface area contributed by atoms with E-state index in [2.05, 4.69) is 15.3 Å². The van der Waals surface area contributed by atoms with E-state index in [4.69, 9.17) is 0 Å². The number of rotatable bonds is 3. The van der Waals surface area contributed by atoms with Gasteiger partial charge in [0.15, 0.2) is 0 Å². The number of pyridine rings is 2. The van der Waals surface area contributed by atoms with Crippen molar-refractivity contribution < 1.29 is 4.79 Å². The van der Waals surface area contributed by atoms with Crippen LogP contribution in [-0.2, 0) is 0 Å². The third kappa shape index (κ3) is 3.18. The van der Waals surface area contributed by atoms with Crippen LogP contribution >= 0.6 is 0 Å². The van der Waals surface area contributed by atoms with Crippen molar-refractivity contribution in [1.29, 1.82) is 0 Å². The Morgan fingerprint density at radius 3 is 2.17 bits per heavy atom. The molecular weight excluding hydrogens is 288 g/mol. The normalized spacial score (nSPS) is 10.1. The quantitative estimate of drug-likeness (QED) is 0.804. The summed E-state index contributed by atoms with van der Waals surface area (Å²) in [6, 6.07) is 15.1. The maximum Gasteiger partial charge on any atom is 0.326 e. The Kier molecular flexibility index (Phi) is 4.29. The minimum Gasteiger partial charge on any atom is -0.340 e. The number of nitrogens with zero attached hydrogens (tertiary/aromatic N) is 3. The molecule has 0 fully saturated rings. The third-order valence-electron chi connectivity index (χ3n) is 3.46.